The van der Waals surface area contributed by atoms with E-state index in [0.717, 1.165) is 37.8 Å². The lowest BCUT2D eigenvalue weighted by Gasteiger charge is -2.23. The molecule has 0 unspecified atom stereocenters. The summed E-state index contributed by atoms with van der Waals surface area (Å²) in [5.41, 5.74) is 3.27. The van der Waals surface area contributed by atoms with Crippen LogP contribution in [0, 0.1) is 0 Å². The number of amides is 1. The summed E-state index contributed by atoms with van der Waals surface area (Å²) >= 11 is 0. The van der Waals surface area contributed by atoms with Gasteiger partial charge in [-0.15, -0.1) is 6.58 Å². The Balaban J connectivity index is 1.84. The summed E-state index contributed by atoms with van der Waals surface area (Å²) in [6.45, 7) is 5.44. The Morgan fingerprint density at radius 2 is 2.32 bits per heavy atom. The summed E-state index contributed by atoms with van der Waals surface area (Å²) in [5.74, 6) is 0.149. The van der Waals surface area contributed by atoms with Gasteiger partial charge in [-0.2, -0.15) is 0 Å². The fourth-order valence-electron chi connectivity index (χ4n) is 2.70. The number of carbonyl (C=O) groups excluding carboxylic acids is 1. The van der Waals surface area contributed by atoms with Crippen LogP contribution in [0.3, 0.4) is 0 Å². The normalized spacial score (nSPS) is 17.3. The van der Waals surface area contributed by atoms with Crippen molar-refractivity contribution < 1.29 is 4.79 Å². The SMILES string of the molecule is C=CCN(C(=O)c1ccc2c(c1)CCCN2)C1CC1. The van der Waals surface area contributed by atoms with Gasteiger partial charge in [0.25, 0.3) is 5.91 Å². The van der Waals surface area contributed by atoms with Crippen LogP contribution in [0.1, 0.15) is 35.2 Å². The Kier molecular flexibility index (Phi) is 3.28. The van der Waals surface area contributed by atoms with Crippen LogP contribution >= 0.6 is 0 Å². The third-order valence-corrected chi connectivity index (χ3v) is 3.86. The van der Waals surface area contributed by atoms with Crippen LogP contribution in [-0.4, -0.2) is 29.9 Å². The fourth-order valence-corrected chi connectivity index (χ4v) is 2.70. The lowest BCUT2D eigenvalue weighted by atomic mass is 10.0. The maximum Gasteiger partial charge on any atom is 0.254 e. The van der Waals surface area contributed by atoms with Crippen molar-refractivity contribution in [1.82, 2.24) is 4.90 Å². The lowest BCUT2D eigenvalue weighted by molar-refractivity contribution is 0.0762. The number of fused-ring (bicyclic) bond motifs is 1. The monoisotopic (exact) mass is 256 g/mol. The number of hydrogen-bond donors (Lipinski definition) is 1. The highest BCUT2D eigenvalue weighted by Crippen LogP contribution is 2.29. The molecule has 1 aliphatic carbocycles. The number of hydrogen-bond acceptors (Lipinski definition) is 2. The molecule has 2 aliphatic rings. The van der Waals surface area contributed by atoms with Crippen molar-refractivity contribution in [3.05, 3.63) is 42.0 Å². The predicted octanol–water partition coefficient (Wildman–Crippen LogP) is 2.84. The van der Waals surface area contributed by atoms with Gasteiger partial charge in [-0.1, -0.05) is 6.08 Å². The molecular formula is C16H20N2O. The molecule has 1 saturated carbocycles. The molecule has 3 heteroatoms. The van der Waals surface area contributed by atoms with E-state index in [1.807, 2.05) is 23.1 Å². The van der Waals surface area contributed by atoms with E-state index in [1.54, 1.807) is 0 Å². The minimum absolute atomic E-state index is 0.149. The van der Waals surface area contributed by atoms with Crippen LogP contribution < -0.4 is 5.32 Å². The van der Waals surface area contributed by atoms with Gasteiger partial charge in [0.1, 0.15) is 0 Å². The highest BCUT2D eigenvalue weighted by molar-refractivity contribution is 5.95. The maximum atomic E-state index is 12.6. The average Bonchev–Trinajstić information content (AvgIpc) is 3.28. The minimum Gasteiger partial charge on any atom is -0.385 e. The van der Waals surface area contributed by atoms with E-state index >= 15 is 0 Å². The molecule has 0 aromatic heterocycles. The van der Waals surface area contributed by atoms with Crippen molar-refractivity contribution in [3.8, 4) is 0 Å². The van der Waals surface area contributed by atoms with E-state index in [4.69, 9.17) is 0 Å². The smallest absolute Gasteiger partial charge is 0.254 e. The van der Waals surface area contributed by atoms with Crippen molar-refractivity contribution >= 4 is 11.6 Å². The number of carbonyl (C=O) groups is 1. The third kappa shape index (κ3) is 2.50. The van der Waals surface area contributed by atoms with E-state index < -0.39 is 0 Å². The van der Waals surface area contributed by atoms with Gasteiger partial charge < -0.3 is 10.2 Å². The van der Waals surface area contributed by atoms with Crippen molar-refractivity contribution in [3.63, 3.8) is 0 Å². The third-order valence-electron chi connectivity index (χ3n) is 3.86. The molecule has 1 amide bonds. The van der Waals surface area contributed by atoms with E-state index in [2.05, 4.69) is 18.0 Å². The van der Waals surface area contributed by atoms with Gasteiger partial charge in [-0.05, 0) is 49.4 Å². The zero-order chi connectivity index (χ0) is 13.2. The first-order chi connectivity index (χ1) is 9.29. The molecule has 1 aliphatic heterocycles. The second-order valence-corrected chi connectivity index (χ2v) is 5.38. The zero-order valence-electron chi connectivity index (χ0n) is 11.2. The first-order valence-electron chi connectivity index (χ1n) is 7.08. The van der Waals surface area contributed by atoms with Crippen LogP contribution in [0.2, 0.25) is 0 Å². The molecule has 0 spiro atoms. The van der Waals surface area contributed by atoms with Crippen LogP contribution in [0.5, 0.6) is 0 Å². The van der Waals surface area contributed by atoms with Crippen molar-refractivity contribution in [2.75, 3.05) is 18.4 Å². The topological polar surface area (TPSA) is 32.3 Å². The van der Waals surface area contributed by atoms with Crippen LogP contribution in [-0.2, 0) is 6.42 Å². The molecule has 1 aromatic rings. The van der Waals surface area contributed by atoms with Crippen molar-refractivity contribution in [1.29, 1.82) is 0 Å². The highest BCUT2D eigenvalue weighted by Gasteiger charge is 2.32. The standard InChI is InChI=1S/C16H20N2O/c1-2-10-18(14-6-7-14)16(19)13-5-8-15-12(11-13)4-3-9-17-15/h2,5,8,11,14,17H,1,3-4,6-7,9-10H2. The maximum absolute atomic E-state index is 12.6. The summed E-state index contributed by atoms with van der Waals surface area (Å²) in [4.78, 5) is 14.5. The van der Waals surface area contributed by atoms with Gasteiger partial charge >= 0.3 is 0 Å². The molecule has 19 heavy (non-hydrogen) atoms. The summed E-state index contributed by atoms with van der Waals surface area (Å²) in [5, 5.41) is 3.38. The Morgan fingerprint density at radius 1 is 1.47 bits per heavy atom. The molecule has 3 nitrogen and oxygen atoms in total. The van der Waals surface area contributed by atoms with Crippen LogP contribution in [0.4, 0.5) is 5.69 Å². The Hall–Kier alpha value is -1.77. The Bertz CT molecular complexity index is 505. The fraction of sp³-hybridized carbons (Fsp3) is 0.438. The summed E-state index contributed by atoms with van der Waals surface area (Å²) in [6, 6.07) is 6.47. The van der Waals surface area contributed by atoms with E-state index in [-0.39, 0.29) is 5.91 Å². The second-order valence-electron chi connectivity index (χ2n) is 5.38. The van der Waals surface area contributed by atoms with Crippen LogP contribution in [0.15, 0.2) is 30.9 Å². The molecule has 1 heterocycles. The predicted molar refractivity (Wildman–Crippen MR) is 77.5 cm³/mol. The van der Waals surface area contributed by atoms with E-state index in [9.17, 15) is 4.79 Å². The average molecular weight is 256 g/mol. The number of nitrogens with one attached hydrogen (secondary N) is 1. The number of rotatable bonds is 4. The Labute approximate surface area is 114 Å². The Morgan fingerprint density at radius 3 is 3.05 bits per heavy atom. The molecule has 3 rings (SSSR count). The second kappa shape index (κ2) is 5.08. The first-order valence-corrected chi connectivity index (χ1v) is 7.08. The number of anilines is 1. The highest BCUT2D eigenvalue weighted by atomic mass is 16.2. The zero-order valence-corrected chi connectivity index (χ0v) is 11.2. The van der Waals surface area contributed by atoms with E-state index in [0.29, 0.717) is 12.6 Å². The van der Waals surface area contributed by atoms with Gasteiger partial charge in [-0.3, -0.25) is 4.79 Å². The first kappa shape index (κ1) is 12.3. The number of nitrogens with zero attached hydrogens (tertiary/aromatic N) is 1. The minimum atomic E-state index is 0.149. The molecule has 100 valence electrons. The van der Waals surface area contributed by atoms with Gasteiger partial charge in [0.15, 0.2) is 0 Å². The molecule has 0 radical (unpaired) electrons. The van der Waals surface area contributed by atoms with Gasteiger partial charge in [0.2, 0.25) is 0 Å². The summed E-state index contributed by atoms with van der Waals surface area (Å²) in [6.07, 6.45) is 6.28. The summed E-state index contributed by atoms with van der Waals surface area (Å²) < 4.78 is 0. The van der Waals surface area contributed by atoms with Crippen LogP contribution in [0.25, 0.3) is 0 Å². The molecular weight excluding hydrogens is 236 g/mol. The van der Waals surface area contributed by atoms with E-state index in [1.165, 1.54) is 11.3 Å². The molecule has 0 atom stereocenters. The molecule has 1 N–H and O–H groups in total. The van der Waals surface area contributed by atoms with Gasteiger partial charge in [0, 0.05) is 30.4 Å². The van der Waals surface area contributed by atoms with Crippen molar-refractivity contribution in [2.45, 2.75) is 31.7 Å². The summed E-state index contributed by atoms with van der Waals surface area (Å²) in [7, 11) is 0. The quantitative estimate of drug-likeness (QED) is 0.840. The molecule has 1 fully saturated rings. The van der Waals surface area contributed by atoms with Gasteiger partial charge in [0.05, 0.1) is 0 Å². The molecule has 0 bridgehead atoms. The largest absolute Gasteiger partial charge is 0.385 e. The molecule has 0 saturated heterocycles. The molecule has 1 aromatic carbocycles. The number of aryl methyl sites for hydroxylation is 1. The van der Waals surface area contributed by atoms with Gasteiger partial charge in [-0.25, -0.2) is 0 Å². The lowest BCUT2D eigenvalue weighted by Crippen LogP contribution is -2.33. The van der Waals surface area contributed by atoms with Crippen molar-refractivity contribution in [2.24, 2.45) is 0 Å². The number of benzene rings is 1.